The average Bonchev–Trinajstić information content (AvgIpc) is 2.66. The van der Waals surface area contributed by atoms with Gasteiger partial charge in [-0.1, -0.05) is 41.4 Å². The van der Waals surface area contributed by atoms with Crippen LogP contribution in [0.25, 0.3) is 0 Å². The van der Waals surface area contributed by atoms with Crippen molar-refractivity contribution in [3.63, 3.8) is 0 Å². The molecule has 1 unspecified atom stereocenters. The average molecular weight is 327 g/mol. The van der Waals surface area contributed by atoms with Gasteiger partial charge in [0.2, 0.25) is 0 Å². The lowest BCUT2D eigenvalue weighted by molar-refractivity contribution is -0.141. The van der Waals surface area contributed by atoms with Gasteiger partial charge in [-0.15, -0.1) is 0 Å². The number of carbonyl (C=O) groups is 1. The van der Waals surface area contributed by atoms with Crippen LogP contribution in [-0.4, -0.2) is 20.9 Å². The third-order valence-corrected chi connectivity index (χ3v) is 4.34. The smallest absolute Gasteiger partial charge is 0.307 e. The van der Waals surface area contributed by atoms with E-state index in [4.69, 9.17) is 23.2 Å². The molecule has 1 N–H and O–H groups in total. The van der Waals surface area contributed by atoms with E-state index in [0.717, 1.165) is 11.3 Å². The second-order valence-corrected chi connectivity index (χ2v) is 5.79. The fourth-order valence-electron chi connectivity index (χ4n) is 2.31. The van der Waals surface area contributed by atoms with Crippen molar-refractivity contribution in [2.24, 2.45) is 13.0 Å². The second-order valence-electron chi connectivity index (χ2n) is 5.00. The van der Waals surface area contributed by atoms with E-state index in [1.165, 1.54) is 0 Å². The summed E-state index contributed by atoms with van der Waals surface area (Å²) in [4.78, 5) is 11.5. The number of benzene rings is 1. The van der Waals surface area contributed by atoms with Gasteiger partial charge in [0.1, 0.15) is 0 Å². The molecule has 4 nitrogen and oxygen atoms in total. The first-order chi connectivity index (χ1) is 9.90. The monoisotopic (exact) mass is 326 g/mol. The number of halogens is 2. The van der Waals surface area contributed by atoms with Gasteiger partial charge in [-0.05, 0) is 25.0 Å². The van der Waals surface area contributed by atoms with Gasteiger partial charge in [0, 0.05) is 18.5 Å². The van der Waals surface area contributed by atoms with Crippen molar-refractivity contribution < 1.29 is 9.90 Å². The van der Waals surface area contributed by atoms with Crippen molar-refractivity contribution in [2.75, 3.05) is 0 Å². The third-order valence-electron chi connectivity index (χ3n) is 3.47. The molecule has 0 saturated heterocycles. The largest absolute Gasteiger partial charge is 0.481 e. The molecule has 0 aliphatic heterocycles. The topological polar surface area (TPSA) is 55.1 Å². The molecule has 6 heteroatoms. The molecule has 1 aromatic carbocycles. The zero-order valence-corrected chi connectivity index (χ0v) is 13.3. The van der Waals surface area contributed by atoms with Crippen LogP contribution in [0.4, 0.5) is 0 Å². The van der Waals surface area contributed by atoms with Crippen molar-refractivity contribution in [1.82, 2.24) is 9.78 Å². The normalized spacial score (nSPS) is 12.4. The molecule has 2 rings (SSSR count). The summed E-state index contributed by atoms with van der Waals surface area (Å²) in [5, 5.41) is 14.8. The Labute approximate surface area is 133 Å². The molecule has 1 aromatic heterocycles. The second kappa shape index (κ2) is 6.50. The number of nitrogens with zero attached hydrogens (tertiary/aromatic N) is 2. The van der Waals surface area contributed by atoms with Gasteiger partial charge in [-0.25, -0.2) is 0 Å². The summed E-state index contributed by atoms with van der Waals surface area (Å²) < 4.78 is 1.64. The fraction of sp³-hybridized carbons (Fsp3) is 0.333. The lowest BCUT2D eigenvalue weighted by Gasteiger charge is -2.14. The van der Waals surface area contributed by atoms with Crippen LogP contribution in [0, 0.1) is 12.8 Å². The Morgan fingerprint density at radius 1 is 1.33 bits per heavy atom. The highest BCUT2D eigenvalue weighted by molar-refractivity contribution is 6.32. The van der Waals surface area contributed by atoms with Gasteiger partial charge in [0.25, 0.3) is 0 Å². The maximum atomic E-state index is 11.5. The molecule has 2 aromatic rings. The van der Waals surface area contributed by atoms with Crippen LogP contribution < -0.4 is 0 Å². The summed E-state index contributed by atoms with van der Waals surface area (Å²) in [5.41, 5.74) is 2.26. The molecule has 0 fully saturated rings. The van der Waals surface area contributed by atoms with E-state index in [9.17, 15) is 9.90 Å². The van der Waals surface area contributed by atoms with Crippen LogP contribution in [0.1, 0.15) is 17.0 Å². The first kappa shape index (κ1) is 15.9. The molecule has 21 heavy (non-hydrogen) atoms. The number of hydrogen-bond donors (Lipinski definition) is 1. The minimum absolute atomic E-state index is 0.316. The van der Waals surface area contributed by atoms with E-state index in [1.54, 1.807) is 24.7 Å². The summed E-state index contributed by atoms with van der Waals surface area (Å²) in [6.07, 6.45) is 0.673. The highest BCUT2D eigenvalue weighted by Crippen LogP contribution is 2.26. The molecule has 0 bridgehead atoms. The standard InChI is InChI=1S/C15H16Cl2N2O2/c1-9-14(17)13(19(2)18-9)8-11(15(20)21)7-10-5-3-4-6-12(10)16/h3-6,11H,7-8H2,1-2H3,(H,20,21). The summed E-state index contributed by atoms with van der Waals surface area (Å²) in [6, 6.07) is 7.27. The van der Waals surface area contributed by atoms with Crippen LogP contribution >= 0.6 is 23.2 Å². The molecule has 0 saturated carbocycles. The van der Waals surface area contributed by atoms with Crippen LogP contribution in [0.2, 0.25) is 10.0 Å². The van der Waals surface area contributed by atoms with Crippen LogP contribution in [0.15, 0.2) is 24.3 Å². The molecule has 0 aliphatic carbocycles. The summed E-state index contributed by atoms with van der Waals surface area (Å²) >= 11 is 12.3. The zero-order chi connectivity index (χ0) is 15.6. The number of carboxylic acid groups (broad SMARTS) is 1. The lowest BCUT2D eigenvalue weighted by atomic mass is 9.94. The fourth-order valence-corrected chi connectivity index (χ4v) is 2.76. The van der Waals surface area contributed by atoms with Crippen molar-refractivity contribution in [1.29, 1.82) is 0 Å². The maximum Gasteiger partial charge on any atom is 0.307 e. The van der Waals surface area contributed by atoms with E-state index in [-0.39, 0.29) is 0 Å². The highest BCUT2D eigenvalue weighted by Gasteiger charge is 2.23. The summed E-state index contributed by atoms with van der Waals surface area (Å²) in [7, 11) is 1.77. The Morgan fingerprint density at radius 2 is 2.00 bits per heavy atom. The van der Waals surface area contributed by atoms with Gasteiger partial charge in [0.15, 0.2) is 0 Å². The lowest BCUT2D eigenvalue weighted by Crippen LogP contribution is -2.21. The van der Waals surface area contributed by atoms with Crippen molar-refractivity contribution in [3.8, 4) is 0 Å². The molecule has 0 radical (unpaired) electrons. The van der Waals surface area contributed by atoms with Crippen LogP contribution in [0.3, 0.4) is 0 Å². The minimum atomic E-state index is -0.871. The number of carboxylic acids is 1. The molecule has 1 atom stereocenters. The summed E-state index contributed by atoms with van der Waals surface area (Å²) in [6.45, 7) is 1.80. The Kier molecular flexibility index (Phi) is 4.91. The zero-order valence-electron chi connectivity index (χ0n) is 11.8. The Hall–Kier alpha value is -1.52. The van der Waals surface area contributed by atoms with Gasteiger partial charge < -0.3 is 5.11 Å². The molecular formula is C15H16Cl2N2O2. The van der Waals surface area contributed by atoms with E-state index in [2.05, 4.69) is 5.10 Å². The Balaban J connectivity index is 2.24. The highest BCUT2D eigenvalue weighted by atomic mass is 35.5. The Morgan fingerprint density at radius 3 is 2.52 bits per heavy atom. The van der Waals surface area contributed by atoms with E-state index < -0.39 is 11.9 Å². The maximum absolute atomic E-state index is 11.5. The number of aryl methyl sites for hydroxylation is 2. The predicted molar refractivity (Wildman–Crippen MR) is 82.9 cm³/mol. The molecule has 0 aliphatic rings. The predicted octanol–water partition coefficient (Wildman–Crippen LogP) is 3.52. The van der Waals surface area contributed by atoms with Gasteiger partial charge >= 0.3 is 5.97 Å². The van der Waals surface area contributed by atoms with Gasteiger partial charge in [0.05, 0.1) is 22.3 Å². The first-order valence-corrected chi connectivity index (χ1v) is 7.30. The Bertz CT molecular complexity index is 668. The van der Waals surface area contributed by atoms with Crippen LogP contribution in [-0.2, 0) is 24.7 Å². The van der Waals surface area contributed by atoms with E-state index >= 15 is 0 Å². The summed E-state index contributed by atoms with van der Waals surface area (Å²) in [5.74, 6) is -1.47. The first-order valence-electron chi connectivity index (χ1n) is 6.54. The van der Waals surface area contributed by atoms with Crippen LogP contribution in [0.5, 0.6) is 0 Å². The van der Waals surface area contributed by atoms with E-state index in [1.807, 2.05) is 18.2 Å². The number of hydrogen-bond acceptors (Lipinski definition) is 2. The quantitative estimate of drug-likeness (QED) is 0.914. The molecule has 0 spiro atoms. The van der Waals surface area contributed by atoms with E-state index in [0.29, 0.717) is 28.6 Å². The molecule has 0 amide bonds. The van der Waals surface area contributed by atoms with Gasteiger partial charge in [-0.3, -0.25) is 9.48 Å². The van der Waals surface area contributed by atoms with Crippen molar-refractivity contribution in [2.45, 2.75) is 19.8 Å². The van der Waals surface area contributed by atoms with Crippen molar-refractivity contribution in [3.05, 3.63) is 51.3 Å². The number of rotatable bonds is 5. The third kappa shape index (κ3) is 3.57. The van der Waals surface area contributed by atoms with Gasteiger partial charge in [-0.2, -0.15) is 5.10 Å². The molecule has 112 valence electrons. The molecular weight excluding hydrogens is 311 g/mol. The van der Waals surface area contributed by atoms with Crippen molar-refractivity contribution >= 4 is 29.2 Å². The SMILES string of the molecule is Cc1nn(C)c(CC(Cc2ccccc2Cl)C(=O)O)c1Cl. The number of aromatic nitrogens is 2. The molecule has 1 heterocycles. The minimum Gasteiger partial charge on any atom is -0.481 e. The number of aliphatic carboxylic acids is 1.